The summed E-state index contributed by atoms with van der Waals surface area (Å²) in [5, 5.41) is 10.1. The highest BCUT2D eigenvalue weighted by molar-refractivity contribution is 5.99. The van der Waals surface area contributed by atoms with Gasteiger partial charge < -0.3 is 14.4 Å². The predicted octanol–water partition coefficient (Wildman–Crippen LogP) is 2.29. The Kier molecular flexibility index (Phi) is 6.99. The second kappa shape index (κ2) is 9.22. The molecule has 8 heteroatoms. The number of amides is 2. The molecule has 0 spiro atoms. The molecule has 0 aromatic heterocycles. The highest BCUT2D eigenvalue weighted by atomic mass is 16.6. The molecule has 1 fully saturated rings. The predicted molar refractivity (Wildman–Crippen MR) is 101 cm³/mol. The Morgan fingerprint density at radius 3 is 2.54 bits per heavy atom. The minimum atomic E-state index is -1.75. The van der Waals surface area contributed by atoms with E-state index in [2.05, 4.69) is 17.4 Å². The monoisotopic (exact) mass is 387 g/mol. The van der Waals surface area contributed by atoms with E-state index in [-0.39, 0.29) is 30.1 Å². The van der Waals surface area contributed by atoms with Crippen molar-refractivity contribution in [1.82, 2.24) is 9.80 Å². The van der Waals surface area contributed by atoms with Crippen molar-refractivity contribution < 1.29 is 23.9 Å². The molecule has 0 radical (unpaired) electrons. The Bertz CT molecular complexity index is 758. The van der Waals surface area contributed by atoms with E-state index in [1.54, 1.807) is 11.8 Å². The number of carbonyl (C=O) groups excluding carboxylic acids is 3. The van der Waals surface area contributed by atoms with Gasteiger partial charge in [0.2, 0.25) is 0 Å². The number of rotatable bonds is 5. The largest absolute Gasteiger partial charge is 0.466 e. The van der Waals surface area contributed by atoms with Crippen molar-refractivity contribution in [3.05, 3.63) is 36.1 Å². The average molecular weight is 387 g/mol. The van der Waals surface area contributed by atoms with Crippen LogP contribution >= 0.6 is 0 Å². The topological polar surface area (TPSA) is 99.9 Å². The SMILES string of the molecule is C=C(CC1(C#N)C(C(=O)N2CCCCC2)=CC=CN1C(=O)OCC)C(=O)OC. The molecule has 0 bridgehead atoms. The van der Waals surface area contributed by atoms with Crippen molar-refractivity contribution in [2.75, 3.05) is 26.8 Å². The van der Waals surface area contributed by atoms with E-state index < -0.39 is 17.6 Å². The van der Waals surface area contributed by atoms with Crippen LogP contribution in [0.5, 0.6) is 0 Å². The maximum Gasteiger partial charge on any atom is 0.415 e. The number of nitriles is 1. The number of methoxy groups -OCH3 is 1. The molecule has 150 valence electrons. The van der Waals surface area contributed by atoms with Gasteiger partial charge in [0.1, 0.15) is 0 Å². The highest BCUT2D eigenvalue weighted by Crippen LogP contribution is 2.36. The molecule has 0 saturated carbocycles. The molecule has 0 aromatic rings. The maximum absolute atomic E-state index is 13.2. The van der Waals surface area contributed by atoms with Gasteiger partial charge in [-0.1, -0.05) is 6.58 Å². The number of nitrogens with zero attached hydrogens (tertiary/aromatic N) is 3. The lowest BCUT2D eigenvalue weighted by atomic mass is 9.80. The van der Waals surface area contributed by atoms with Crippen molar-refractivity contribution in [1.29, 1.82) is 5.26 Å². The van der Waals surface area contributed by atoms with Crippen LogP contribution in [-0.4, -0.2) is 60.1 Å². The van der Waals surface area contributed by atoms with Gasteiger partial charge in [0.15, 0.2) is 5.54 Å². The molecule has 2 heterocycles. The smallest absolute Gasteiger partial charge is 0.415 e. The molecule has 1 unspecified atom stereocenters. The molecule has 2 amide bonds. The summed E-state index contributed by atoms with van der Waals surface area (Å²) in [6.45, 7) is 6.58. The van der Waals surface area contributed by atoms with Crippen LogP contribution in [0, 0.1) is 11.3 Å². The Morgan fingerprint density at radius 2 is 1.96 bits per heavy atom. The summed E-state index contributed by atoms with van der Waals surface area (Å²) in [6, 6.07) is 2.08. The lowest BCUT2D eigenvalue weighted by Crippen LogP contribution is -2.55. The van der Waals surface area contributed by atoms with Gasteiger partial charge in [0.05, 0.1) is 25.4 Å². The Labute approximate surface area is 164 Å². The number of esters is 1. The molecular formula is C20H25N3O5. The Hall–Kier alpha value is -3.08. The van der Waals surface area contributed by atoms with Crippen LogP contribution in [0.15, 0.2) is 36.1 Å². The van der Waals surface area contributed by atoms with E-state index in [1.165, 1.54) is 25.5 Å². The van der Waals surface area contributed by atoms with Crippen molar-refractivity contribution in [3.8, 4) is 6.07 Å². The van der Waals surface area contributed by atoms with E-state index >= 15 is 0 Å². The van der Waals surface area contributed by atoms with Crippen molar-refractivity contribution in [3.63, 3.8) is 0 Å². The van der Waals surface area contributed by atoms with Crippen LogP contribution in [0.3, 0.4) is 0 Å². The molecule has 8 nitrogen and oxygen atoms in total. The Morgan fingerprint density at radius 1 is 1.29 bits per heavy atom. The number of piperidine rings is 1. The second-order valence-electron chi connectivity index (χ2n) is 6.59. The molecule has 28 heavy (non-hydrogen) atoms. The minimum Gasteiger partial charge on any atom is -0.466 e. The zero-order valence-electron chi connectivity index (χ0n) is 16.3. The van der Waals surface area contributed by atoms with Crippen LogP contribution in [0.1, 0.15) is 32.6 Å². The van der Waals surface area contributed by atoms with E-state index in [0.717, 1.165) is 24.2 Å². The van der Waals surface area contributed by atoms with E-state index in [0.29, 0.717) is 13.1 Å². The first-order valence-electron chi connectivity index (χ1n) is 9.23. The number of likely N-dealkylation sites (tertiary alicyclic amines) is 1. The molecule has 0 aromatic carbocycles. The van der Waals surface area contributed by atoms with Crippen LogP contribution in [0.25, 0.3) is 0 Å². The summed E-state index contributed by atoms with van der Waals surface area (Å²) < 4.78 is 9.75. The molecule has 2 aliphatic heterocycles. The van der Waals surface area contributed by atoms with Gasteiger partial charge in [-0.2, -0.15) is 5.26 Å². The number of ether oxygens (including phenoxy) is 2. The lowest BCUT2D eigenvalue weighted by molar-refractivity contribution is -0.136. The van der Waals surface area contributed by atoms with Gasteiger partial charge in [0, 0.05) is 31.3 Å². The van der Waals surface area contributed by atoms with E-state index in [1.807, 2.05) is 0 Å². The molecular weight excluding hydrogens is 362 g/mol. The summed E-state index contributed by atoms with van der Waals surface area (Å²) in [5.74, 6) is -1.05. The molecule has 2 rings (SSSR count). The number of hydrogen-bond acceptors (Lipinski definition) is 6. The molecule has 0 N–H and O–H groups in total. The quantitative estimate of drug-likeness (QED) is 0.530. The normalized spacial score (nSPS) is 21.4. The summed E-state index contributed by atoms with van der Waals surface area (Å²) >= 11 is 0. The van der Waals surface area contributed by atoms with Gasteiger partial charge in [0.25, 0.3) is 5.91 Å². The summed E-state index contributed by atoms with van der Waals surface area (Å²) in [5.41, 5.74) is -1.66. The van der Waals surface area contributed by atoms with E-state index in [9.17, 15) is 19.6 Å². The minimum absolute atomic E-state index is 0.0222. The zero-order chi connectivity index (χ0) is 20.7. The van der Waals surface area contributed by atoms with Gasteiger partial charge in [-0.05, 0) is 38.3 Å². The van der Waals surface area contributed by atoms with E-state index in [4.69, 9.17) is 4.74 Å². The molecule has 0 aliphatic carbocycles. The maximum atomic E-state index is 13.2. The summed E-state index contributed by atoms with van der Waals surface area (Å²) in [6.07, 6.45) is 6.15. The number of carbonyl (C=O) groups is 3. The van der Waals surface area contributed by atoms with Gasteiger partial charge in [-0.15, -0.1) is 0 Å². The average Bonchev–Trinajstić information content (AvgIpc) is 2.73. The highest BCUT2D eigenvalue weighted by Gasteiger charge is 2.49. The van der Waals surface area contributed by atoms with Crippen LogP contribution in [0.4, 0.5) is 4.79 Å². The van der Waals surface area contributed by atoms with Gasteiger partial charge in [-0.25, -0.2) is 9.59 Å². The number of allylic oxidation sites excluding steroid dienone is 2. The fourth-order valence-corrected chi connectivity index (χ4v) is 3.40. The van der Waals surface area contributed by atoms with Crippen LogP contribution in [0.2, 0.25) is 0 Å². The second-order valence-corrected chi connectivity index (χ2v) is 6.59. The first-order chi connectivity index (χ1) is 13.4. The summed E-state index contributed by atoms with van der Waals surface area (Å²) in [4.78, 5) is 40.4. The Balaban J connectivity index is 2.48. The third-order valence-corrected chi connectivity index (χ3v) is 4.82. The summed E-state index contributed by atoms with van der Waals surface area (Å²) in [7, 11) is 1.20. The van der Waals surface area contributed by atoms with Crippen LogP contribution in [-0.2, 0) is 19.1 Å². The first kappa shape index (κ1) is 21.2. The fourth-order valence-electron chi connectivity index (χ4n) is 3.40. The van der Waals surface area contributed by atoms with Gasteiger partial charge >= 0.3 is 12.1 Å². The third kappa shape index (κ3) is 4.09. The first-order valence-corrected chi connectivity index (χ1v) is 9.23. The lowest BCUT2D eigenvalue weighted by Gasteiger charge is -2.40. The third-order valence-electron chi connectivity index (χ3n) is 4.82. The van der Waals surface area contributed by atoms with Crippen LogP contribution < -0.4 is 0 Å². The zero-order valence-corrected chi connectivity index (χ0v) is 16.3. The molecule has 1 atom stereocenters. The number of hydrogen-bond donors (Lipinski definition) is 0. The molecule has 1 saturated heterocycles. The van der Waals surface area contributed by atoms with Crippen molar-refractivity contribution >= 4 is 18.0 Å². The standard InChI is InChI=1S/C20H25N3O5/c1-4-28-19(26)23-12-8-9-16(17(24)22-10-6-5-7-11-22)20(23,14-21)13-15(2)18(25)27-3/h8-9,12H,2,4-7,10-11,13H2,1,3H3. The molecule has 2 aliphatic rings. The fraction of sp³-hybridized carbons (Fsp3) is 0.500. The van der Waals surface area contributed by atoms with Crippen molar-refractivity contribution in [2.24, 2.45) is 0 Å². The van der Waals surface area contributed by atoms with Crippen molar-refractivity contribution in [2.45, 2.75) is 38.1 Å². The van der Waals surface area contributed by atoms with Gasteiger partial charge in [-0.3, -0.25) is 9.69 Å².